The van der Waals surface area contributed by atoms with Crippen molar-refractivity contribution in [3.63, 3.8) is 0 Å². The first-order chi connectivity index (χ1) is 9.85. The third kappa shape index (κ3) is 3.74. The Morgan fingerprint density at radius 2 is 2.15 bits per heavy atom. The number of nitrogens with one attached hydrogen (secondary N) is 1. The average Bonchev–Trinajstić information content (AvgIpc) is 2.50. The molecule has 0 aliphatic carbocycles. The van der Waals surface area contributed by atoms with Crippen LogP contribution in [0.1, 0.15) is 37.6 Å². The first-order valence-electron chi connectivity index (χ1n) is 6.92. The Bertz CT molecular complexity index is 518. The van der Waals surface area contributed by atoms with Gasteiger partial charge in [-0.15, -0.1) is 0 Å². The number of ether oxygens (including phenoxy) is 1. The van der Waals surface area contributed by atoms with E-state index in [1.165, 1.54) is 0 Å². The minimum atomic E-state index is 0.00542. The SMILES string of the molecule is CCCNC(c1cncc(OCC)c1)c1ccncn1. The molecule has 0 saturated heterocycles. The van der Waals surface area contributed by atoms with Crippen LogP contribution in [0.3, 0.4) is 0 Å². The highest BCUT2D eigenvalue weighted by Gasteiger charge is 2.15. The van der Waals surface area contributed by atoms with Crippen LogP contribution in [0.2, 0.25) is 0 Å². The molecule has 0 spiro atoms. The summed E-state index contributed by atoms with van der Waals surface area (Å²) in [5, 5.41) is 3.49. The van der Waals surface area contributed by atoms with Gasteiger partial charge in [-0.05, 0) is 37.6 Å². The van der Waals surface area contributed by atoms with Crippen LogP contribution < -0.4 is 10.1 Å². The van der Waals surface area contributed by atoms with E-state index in [9.17, 15) is 0 Å². The second kappa shape index (κ2) is 7.55. The van der Waals surface area contributed by atoms with Crippen molar-refractivity contribution in [3.05, 3.63) is 48.3 Å². The number of hydrogen-bond acceptors (Lipinski definition) is 5. The Hall–Kier alpha value is -2.01. The first kappa shape index (κ1) is 14.4. The summed E-state index contributed by atoms with van der Waals surface area (Å²) in [6.45, 7) is 5.64. The maximum Gasteiger partial charge on any atom is 0.137 e. The minimum absolute atomic E-state index is 0.00542. The molecule has 1 atom stereocenters. The Balaban J connectivity index is 2.28. The Labute approximate surface area is 119 Å². The second-order valence-corrected chi connectivity index (χ2v) is 4.41. The molecular formula is C15H20N4O. The van der Waals surface area contributed by atoms with Crippen molar-refractivity contribution in [1.29, 1.82) is 0 Å². The van der Waals surface area contributed by atoms with Crippen LogP contribution >= 0.6 is 0 Å². The van der Waals surface area contributed by atoms with Crippen molar-refractivity contribution in [2.45, 2.75) is 26.3 Å². The topological polar surface area (TPSA) is 59.9 Å². The lowest BCUT2D eigenvalue weighted by molar-refractivity contribution is 0.338. The second-order valence-electron chi connectivity index (χ2n) is 4.41. The molecule has 2 aromatic heterocycles. The predicted molar refractivity (Wildman–Crippen MR) is 77.6 cm³/mol. The van der Waals surface area contributed by atoms with Crippen molar-refractivity contribution in [3.8, 4) is 5.75 Å². The number of hydrogen-bond donors (Lipinski definition) is 1. The fraction of sp³-hybridized carbons (Fsp3) is 0.400. The highest BCUT2D eigenvalue weighted by Crippen LogP contribution is 2.22. The molecule has 0 fully saturated rings. The summed E-state index contributed by atoms with van der Waals surface area (Å²) in [5.74, 6) is 0.780. The Morgan fingerprint density at radius 1 is 1.25 bits per heavy atom. The van der Waals surface area contributed by atoms with Crippen molar-refractivity contribution in [2.24, 2.45) is 0 Å². The summed E-state index contributed by atoms with van der Waals surface area (Å²) >= 11 is 0. The third-order valence-corrected chi connectivity index (χ3v) is 2.88. The van der Waals surface area contributed by atoms with Gasteiger partial charge in [0.2, 0.25) is 0 Å². The van der Waals surface area contributed by atoms with Gasteiger partial charge in [0.25, 0.3) is 0 Å². The number of rotatable bonds is 7. The predicted octanol–water partition coefficient (Wildman–Crippen LogP) is 2.36. The standard InChI is InChI=1S/C15H20N4O/c1-3-6-18-15(14-5-7-16-11-19-14)12-8-13(20-4-2)10-17-9-12/h5,7-11,15,18H,3-4,6H2,1-2H3. The van der Waals surface area contributed by atoms with Gasteiger partial charge < -0.3 is 10.1 Å². The monoisotopic (exact) mass is 272 g/mol. The van der Waals surface area contributed by atoms with E-state index < -0.39 is 0 Å². The molecule has 2 heterocycles. The minimum Gasteiger partial charge on any atom is -0.492 e. The summed E-state index contributed by atoms with van der Waals surface area (Å²) in [4.78, 5) is 12.6. The van der Waals surface area contributed by atoms with E-state index in [4.69, 9.17) is 4.74 Å². The van der Waals surface area contributed by atoms with Gasteiger partial charge in [-0.3, -0.25) is 4.98 Å². The van der Waals surface area contributed by atoms with E-state index in [1.54, 1.807) is 18.7 Å². The molecular weight excluding hydrogens is 252 g/mol. The largest absolute Gasteiger partial charge is 0.492 e. The Kier molecular flexibility index (Phi) is 5.43. The molecule has 0 bridgehead atoms. The Morgan fingerprint density at radius 3 is 2.85 bits per heavy atom. The normalized spacial score (nSPS) is 12.1. The highest BCUT2D eigenvalue weighted by atomic mass is 16.5. The smallest absolute Gasteiger partial charge is 0.137 e. The van der Waals surface area contributed by atoms with E-state index in [1.807, 2.05) is 25.3 Å². The zero-order valence-electron chi connectivity index (χ0n) is 11.9. The van der Waals surface area contributed by atoms with Gasteiger partial charge in [0, 0.05) is 12.4 Å². The summed E-state index contributed by atoms with van der Waals surface area (Å²) < 4.78 is 5.51. The van der Waals surface area contributed by atoms with Crippen LogP contribution in [-0.2, 0) is 0 Å². The maximum atomic E-state index is 5.51. The van der Waals surface area contributed by atoms with Crippen LogP contribution in [-0.4, -0.2) is 28.1 Å². The quantitative estimate of drug-likeness (QED) is 0.838. The van der Waals surface area contributed by atoms with Crippen LogP contribution in [0.4, 0.5) is 0 Å². The molecule has 0 radical (unpaired) electrons. The van der Waals surface area contributed by atoms with Gasteiger partial charge in [0.15, 0.2) is 0 Å². The van der Waals surface area contributed by atoms with Gasteiger partial charge in [-0.1, -0.05) is 6.92 Å². The summed E-state index contributed by atoms with van der Waals surface area (Å²) in [6, 6.07) is 3.93. The average molecular weight is 272 g/mol. The van der Waals surface area contributed by atoms with Gasteiger partial charge in [-0.25, -0.2) is 9.97 Å². The molecule has 0 saturated carbocycles. The molecule has 0 aliphatic heterocycles. The summed E-state index contributed by atoms with van der Waals surface area (Å²) in [7, 11) is 0. The van der Waals surface area contributed by atoms with Crippen molar-refractivity contribution < 1.29 is 4.74 Å². The molecule has 1 unspecified atom stereocenters. The first-order valence-corrected chi connectivity index (χ1v) is 6.92. The lowest BCUT2D eigenvalue weighted by atomic mass is 10.1. The zero-order chi connectivity index (χ0) is 14.2. The molecule has 2 aromatic rings. The fourth-order valence-corrected chi connectivity index (χ4v) is 1.99. The molecule has 2 rings (SSSR count). The highest BCUT2D eigenvalue weighted by molar-refractivity contribution is 5.30. The van der Waals surface area contributed by atoms with Gasteiger partial charge in [0.05, 0.1) is 24.5 Å². The number of pyridine rings is 1. The van der Waals surface area contributed by atoms with Crippen LogP contribution in [0.5, 0.6) is 5.75 Å². The molecule has 0 aromatic carbocycles. The molecule has 20 heavy (non-hydrogen) atoms. The van der Waals surface area contributed by atoms with Crippen LogP contribution in [0.25, 0.3) is 0 Å². The summed E-state index contributed by atoms with van der Waals surface area (Å²) in [6.07, 6.45) is 7.94. The molecule has 1 N–H and O–H groups in total. The van der Waals surface area contributed by atoms with E-state index in [2.05, 4.69) is 27.2 Å². The number of nitrogens with zero attached hydrogens (tertiary/aromatic N) is 3. The van der Waals surface area contributed by atoms with Gasteiger partial charge >= 0.3 is 0 Å². The van der Waals surface area contributed by atoms with Crippen LogP contribution in [0.15, 0.2) is 37.1 Å². The van der Waals surface area contributed by atoms with Crippen LogP contribution in [0, 0.1) is 0 Å². The molecule has 106 valence electrons. The van der Waals surface area contributed by atoms with E-state index >= 15 is 0 Å². The third-order valence-electron chi connectivity index (χ3n) is 2.88. The lowest BCUT2D eigenvalue weighted by Crippen LogP contribution is -2.24. The zero-order valence-corrected chi connectivity index (χ0v) is 11.9. The van der Waals surface area contributed by atoms with Gasteiger partial charge in [-0.2, -0.15) is 0 Å². The molecule has 5 heteroatoms. The lowest BCUT2D eigenvalue weighted by Gasteiger charge is -2.18. The maximum absolute atomic E-state index is 5.51. The van der Waals surface area contributed by atoms with Crippen molar-refractivity contribution in [1.82, 2.24) is 20.3 Å². The van der Waals surface area contributed by atoms with Crippen molar-refractivity contribution in [2.75, 3.05) is 13.2 Å². The number of aromatic nitrogens is 3. The van der Waals surface area contributed by atoms with E-state index in [-0.39, 0.29) is 6.04 Å². The van der Waals surface area contributed by atoms with E-state index in [0.717, 1.165) is 30.0 Å². The molecule has 5 nitrogen and oxygen atoms in total. The van der Waals surface area contributed by atoms with Gasteiger partial charge in [0.1, 0.15) is 12.1 Å². The summed E-state index contributed by atoms with van der Waals surface area (Å²) in [5.41, 5.74) is 1.98. The van der Waals surface area contributed by atoms with E-state index in [0.29, 0.717) is 6.61 Å². The molecule has 0 amide bonds. The molecule has 0 aliphatic rings. The van der Waals surface area contributed by atoms with Crippen molar-refractivity contribution >= 4 is 0 Å². The fourth-order valence-electron chi connectivity index (χ4n) is 1.99.